The summed E-state index contributed by atoms with van der Waals surface area (Å²) in [5, 5.41) is 1.33. The van der Waals surface area contributed by atoms with E-state index in [-0.39, 0.29) is 17.7 Å². The van der Waals surface area contributed by atoms with Crippen LogP contribution in [0.4, 0.5) is 0 Å². The summed E-state index contributed by atoms with van der Waals surface area (Å²) in [5.74, 6) is 0.434. The van der Waals surface area contributed by atoms with Crippen molar-refractivity contribution >= 4 is 58.2 Å². The van der Waals surface area contributed by atoms with E-state index in [9.17, 15) is 9.59 Å². The van der Waals surface area contributed by atoms with Gasteiger partial charge in [0.05, 0.1) is 40.1 Å². The van der Waals surface area contributed by atoms with Crippen LogP contribution in [0.15, 0.2) is 81.7 Å². The number of esters is 1. The lowest BCUT2D eigenvalue weighted by Gasteiger charge is -2.25. The van der Waals surface area contributed by atoms with Crippen molar-refractivity contribution < 1.29 is 19.0 Å². The van der Waals surface area contributed by atoms with Crippen molar-refractivity contribution in [2.24, 2.45) is 4.99 Å². The number of hydrogen-bond acceptors (Lipinski definition) is 7. The van der Waals surface area contributed by atoms with Crippen LogP contribution in [0.3, 0.4) is 0 Å². The summed E-state index contributed by atoms with van der Waals surface area (Å²) in [6.45, 7) is 1.96. The van der Waals surface area contributed by atoms with Crippen molar-refractivity contribution in [3.63, 3.8) is 0 Å². The zero-order valence-electron chi connectivity index (χ0n) is 22.1. The third-order valence-electron chi connectivity index (χ3n) is 6.50. The molecule has 41 heavy (non-hydrogen) atoms. The van der Waals surface area contributed by atoms with Crippen LogP contribution in [0, 0.1) is 0 Å². The quantitative estimate of drug-likeness (QED) is 0.236. The Hall–Kier alpha value is -3.56. The number of halogens is 3. The number of allylic oxidation sites excluding steroid dienone is 1. The molecule has 0 saturated carbocycles. The summed E-state index contributed by atoms with van der Waals surface area (Å²) in [6, 6.07) is 16.8. The van der Waals surface area contributed by atoms with Crippen LogP contribution in [0.25, 0.3) is 6.08 Å². The third kappa shape index (κ3) is 5.78. The highest BCUT2D eigenvalue weighted by Crippen LogP contribution is 2.37. The molecule has 1 atom stereocenters. The predicted molar refractivity (Wildman–Crippen MR) is 161 cm³/mol. The number of hydrogen-bond donors (Lipinski definition) is 0. The number of para-hydroxylation sites is 1. The van der Waals surface area contributed by atoms with Crippen molar-refractivity contribution in [3.05, 3.63) is 123 Å². The number of fused-ring (bicyclic) bond motifs is 1. The van der Waals surface area contributed by atoms with Gasteiger partial charge in [-0.15, -0.1) is 0 Å². The Balaban J connectivity index is 1.62. The highest BCUT2D eigenvalue weighted by Gasteiger charge is 2.35. The van der Waals surface area contributed by atoms with Crippen LogP contribution in [0.2, 0.25) is 15.1 Å². The average molecular weight is 630 g/mol. The first-order valence-electron chi connectivity index (χ1n) is 12.3. The zero-order valence-corrected chi connectivity index (χ0v) is 25.2. The second-order valence-corrected chi connectivity index (χ2v) is 11.3. The predicted octanol–water partition coefficient (Wildman–Crippen LogP) is 5.96. The van der Waals surface area contributed by atoms with E-state index >= 15 is 0 Å². The van der Waals surface area contributed by atoms with E-state index in [0.717, 1.165) is 5.56 Å². The molecule has 0 N–H and O–H groups in total. The molecule has 0 aliphatic carbocycles. The summed E-state index contributed by atoms with van der Waals surface area (Å²) in [5.41, 5.74) is 2.38. The first-order chi connectivity index (χ1) is 19.7. The van der Waals surface area contributed by atoms with Crippen molar-refractivity contribution in [2.75, 3.05) is 14.2 Å². The number of carbonyl (C=O) groups is 1. The summed E-state index contributed by atoms with van der Waals surface area (Å²) < 4.78 is 18.6. The highest BCUT2D eigenvalue weighted by molar-refractivity contribution is 7.07. The average Bonchev–Trinajstić information content (AvgIpc) is 3.27. The molecule has 0 unspecified atom stereocenters. The fourth-order valence-electron chi connectivity index (χ4n) is 4.57. The summed E-state index contributed by atoms with van der Waals surface area (Å²) in [4.78, 5) is 32.0. The molecule has 0 amide bonds. The number of rotatable bonds is 7. The maximum atomic E-state index is 14.0. The monoisotopic (exact) mass is 628 g/mol. The second-order valence-electron chi connectivity index (χ2n) is 9.03. The van der Waals surface area contributed by atoms with Crippen LogP contribution >= 0.6 is 46.1 Å². The number of nitrogens with zero attached hydrogens (tertiary/aromatic N) is 2. The van der Waals surface area contributed by atoms with Crippen molar-refractivity contribution in [3.8, 4) is 11.5 Å². The van der Waals surface area contributed by atoms with Crippen LogP contribution in [0.5, 0.6) is 11.5 Å². The first-order valence-corrected chi connectivity index (χ1v) is 14.3. The van der Waals surface area contributed by atoms with Gasteiger partial charge in [-0.3, -0.25) is 9.36 Å². The Morgan fingerprint density at radius 1 is 1.02 bits per heavy atom. The maximum absolute atomic E-state index is 14.0. The molecular formula is C30H23Cl3N2O5S. The van der Waals surface area contributed by atoms with Crippen molar-refractivity contribution in [2.45, 2.75) is 19.6 Å². The Morgan fingerprint density at radius 3 is 2.54 bits per heavy atom. The summed E-state index contributed by atoms with van der Waals surface area (Å²) in [6.07, 6.45) is 1.75. The standard InChI is InChI=1S/C30H23Cl3N2O5S/c1-16-26(29(37)39-3)27(20-14-19(31)9-11-24(20)38-2)35-28(36)25(41-30(35)34-16)13-18-6-4-5-7-23(18)40-15-17-8-10-21(32)22(33)12-17/h4-14,27H,15H2,1-3H3/b25-13-/t27-/m1/s1. The Kier molecular flexibility index (Phi) is 8.56. The van der Waals surface area contributed by atoms with E-state index in [4.69, 9.17) is 49.0 Å². The molecule has 1 aliphatic rings. The van der Waals surface area contributed by atoms with E-state index < -0.39 is 12.0 Å². The minimum atomic E-state index is -0.865. The number of carbonyl (C=O) groups excluding carboxylic acids is 1. The lowest BCUT2D eigenvalue weighted by atomic mass is 9.95. The van der Waals surface area contributed by atoms with Gasteiger partial charge in [0, 0.05) is 16.1 Å². The molecule has 210 valence electrons. The van der Waals surface area contributed by atoms with Crippen molar-refractivity contribution in [1.29, 1.82) is 0 Å². The van der Waals surface area contributed by atoms with E-state index in [1.54, 1.807) is 43.3 Å². The molecule has 5 rings (SSSR count). The molecule has 0 bridgehead atoms. The SMILES string of the molecule is COC(=O)C1=C(C)N=c2s/c(=C\c3ccccc3OCc3ccc(Cl)c(Cl)c3)c(=O)n2[C@@H]1c1cc(Cl)ccc1OC. The number of benzene rings is 3. The molecule has 7 nitrogen and oxygen atoms in total. The lowest BCUT2D eigenvalue weighted by Crippen LogP contribution is -2.40. The molecule has 0 saturated heterocycles. The minimum Gasteiger partial charge on any atom is -0.496 e. The fourth-order valence-corrected chi connectivity index (χ4v) is 6.11. The van der Waals surface area contributed by atoms with E-state index in [1.165, 1.54) is 30.1 Å². The molecule has 4 aromatic rings. The summed E-state index contributed by atoms with van der Waals surface area (Å²) in [7, 11) is 2.80. The molecule has 0 spiro atoms. The van der Waals surface area contributed by atoms with Gasteiger partial charge in [-0.2, -0.15) is 0 Å². The normalized spacial score (nSPS) is 14.9. The Morgan fingerprint density at radius 2 is 1.80 bits per heavy atom. The molecule has 0 fully saturated rings. The van der Waals surface area contributed by atoms with E-state index in [1.807, 2.05) is 30.3 Å². The van der Waals surface area contributed by atoms with Gasteiger partial charge in [-0.1, -0.05) is 70.4 Å². The van der Waals surface area contributed by atoms with Crippen LogP contribution in [0.1, 0.15) is 29.7 Å². The zero-order chi connectivity index (χ0) is 29.3. The third-order valence-corrected chi connectivity index (χ3v) is 8.45. The second kappa shape index (κ2) is 12.1. The summed E-state index contributed by atoms with van der Waals surface area (Å²) >= 11 is 19.7. The molecule has 3 aromatic carbocycles. The van der Waals surface area contributed by atoms with E-state index in [0.29, 0.717) is 52.7 Å². The van der Waals surface area contributed by atoms with Crippen LogP contribution in [-0.4, -0.2) is 24.8 Å². The number of thiazole rings is 1. The Labute approximate surface area is 254 Å². The van der Waals surface area contributed by atoms with Crippen LogP contribution in [-0.2, 0) is 16.1 Å². The van der Waals surface area contributed by atoms with Gasteiger partial charge in [-0.25, -0.2) is 9.79 Å². The smallest absolute Gasteiger partial charge is 0.338 e. The topological polar surface area (TPSA) is 79.1 Å². The molecule has 1 aliphatic heterocycles. The number of aromatic nitrogens is 1. The highest BCUT2D eigenvalue weighted by atomic mass is 35.5. The van der Waals surface area contributed by atoms with Crippen molar-refractivity contribution in [1.82, 2.24) is 4.57 Å². The molecule has 11 heteroatoms. The van der Waals surface area contributed by atoms with Gasteiger partial charge >= 0.3 is 5.97 Å². The molecule has 2 heterocycles. The van der Waals surface area contributed by atoms with Gasteiger partial charge in [0.2, 0.25) is 0 Å². The van der Waals surface area contributed by atoms with Gasteiger partial charge < -0.3 is 14.2 Å². The maximum Gasteiger partial charge on any atom is 0.338 e. The Bertz CT molecular complexity index is 1880. The number of ether oxygens (including phenoxy) is 3. The first kappa shape index (κ1) is 29.0. The molecule has 0 radical (unpaired) electrons. The number of methoxy groups -OCH3 is 2. The minimum absolute atomic E-state index is 0.220. The molecular weight excluding hydrogens is 607 g/mol. The van der Waals surface area contributed by atoms with E-state index in [2.05, 4.69) is 4.99 Å². The lowest BCUT2D eigenvalue weighted by molar-refractivity contribution is -0.136. The van der Waals surface area contributed by atoms with Gasteiger partial charge in [0.1, 0.15) is 24.1 Å². The van der Waals surface area contributed by atoms with Gasteiger partial charge in [0.25, 0.3) is 5.56 Å². The van der Waals surface area contributed by atoms with Gasteiger partial charge in [-0.05, 0) is 55.0 Å². The van der Waals surface area contributed by atoms with Gasteiger partial charge in [0.15, 0.2) is 4.80 Å². The van der Waals surface area contributed by atoms with Crippen LogP contribution < -0.4 is 24.4 Å². The largest absolute Gasteiger partial charge is 0.496 e. The molecule has 1 aromatic heterocycles. The fraction of sp³-hybridized carbons (Fsp3) is 0.167.